The number of carbonyl (C=O) groups excluding carboxylic acids is 1. The monoisotopic (exact) mass is 447 g/mol. The number of hydrogen-bond acceptors (Lipinski definition) is 3. The number of piperidine rings is 1. The van der Waals surface area contributed by atoms with Gasteiger partial charge in [0, 0.05) is 42.3 Å². The standard InChI is InChI=1S/C25H26ClN5O/c1-17-21(19-6-3-5-9-23(19)28-17)16-30-14-11-18(12-15-30)31-24(10-13-27-31)29-25(32)20-7-2-4-8-22(20)26/h2-10,13,18,28H,11-12,14-16H2,1H3,(H,29,32). The zero-order valence-electron chi connectivity index (χ0n) is 18.0. The summed E-state index contributed by atoms with van der Waals surface area (Å²) in [6, 6.07) is 17.7. The summed E-state index contributed by atoms with van der Waals surface area (Å²) in [6.45, 7) is 5.07. The number of aryl methyl sites for hydroxylation is 1. The SMILES string of the molecule is Cc1[nH]c2ccccc2c1CN1CCC(n2nccc2NC(=O)c2ccccc2Cl)CC1. The number of H-pyrrole nitrogens is 1. The topological polar surface area (TPSA) is 66.0 Å². The first-order chi connectivity index (χ1) is 15.6. The molecular weight excluding hydrogens is 422 g/mol. The smallest absolute Gasteiger partial charge is 0.258 e. The number of anilines is 1. The molecule has 0 radical (unpaired) electrons. The van der Waals surface area contributed by atoms with Crippen molar-refractivity contribution in [3.8, 4) is 0 Å². The van der Waals surface area contributed by atoms with Gasteiger partial charge in [0.2, 0.25) is 0 Å². The third-order valence-corrected chi connectivity index (χ3v) is 6.67. The number of fused-ring (bicyclic) bond motifs is 1. The molecule has 164 valence electrons. The number of aromatic amines is 1. The average molecular weight is 448 g/mol. The summed E-state index contributed by atoms with van der Waals surface area (Å²) < 4.78 is 1.95. The molecular formula is C25H26ClN5O. The van der Waals surface area contributed by atoms with Crippen LogP contribution in [0.25, 0.3) is 10.9 Å². The number of carbonyl (C=O) groups is 1. The van der Waals surface area contributed by atoms with Crippen molar-refractivity contribution in [2.45, 2.75) is 32.4 Å². The van der Waals surface area contributed by atoms with E-state index in [1.165, 1.54) is 22.2 Å². The maximum absolute atomic E-state index is 12.7. The van der Waals surface area contributed by atoms with Crippen molar-refractivity contribution < 1.29 is 4.79 Å². The van der Waals surface area contributed by atoms with E-state index in [1.807, 2.05) is 22.9 Å². The van der Waals surface area contributed by atoms with Gasteiger partial charge in [-0.05, 0) is 43.5 Å². The largest absolute Gasteiger partial charge is 0.358 e. The molecule has 4 aromatic rings. The number of rotatable bonds is 5. The van der Waals surface area contributed by atoms with Crippen molar-refractivity contribution >= 4 is 34.2 Å². The fourth-order valence-electron chi connectivity index (χ4n) is 4.62. The minimum absolute atomic E-state index is 0.218. The fraction of sp³-hybridized carbons (Fsp3) is 0.280. The molecule has 0 bridgehead atoms. The minimum atomic E-state index is -0.218. The number of nitrogens with zero attached hydrogens (tertiary/aromatic N) is 3. The molecule has 3 heterocycles. The highest BCUT2D eigenvalue weighted by molar-refractivity contribution is 6.34. The molecule has 0 unspecified atom stereocenters. The van der Waals surface area contributed by atoms with Gasteiger partial charge in [0.1, 0.15) is 5.82 Å². The van der Waals surface area contributed by atoms with Gasteiger partial charge in [0.15, 0.2) is 0 Å². The van der Waals surface area contributed by atoms with E-state index in [-0.39, 0.29) is 11.9 Å². The molecule has 5 rings (SSSR count). The van der Waals surface area contributed by atoms with Gasteiger partial charge in [-0.1, -0.05) is 41.9 Å². The first-order valence-corrected chi connectivity index (χ1v) is 11.4. The molecule has 1 amide bonds. The Balaban J connectivity index is 1.24. The maximum Gasteiger partial charge on any atom is 0.258 e. The molecule has 1 aliphatic heterocycles. The molecule has 2 N–H and O–H groups in total. The maximum atomic E-state index is 12.7. The van der Waals surface area contributed by atoms with Crippen LogP contribution in [0.5, 0.6) is 0 Å². The summed E-state index contributed by atoms with van der Waals surface area (Å²) >= 11 is 6.18. The lowest BCUT2D eigenvalue weighted by atomic mass is 10.0. The van der Waals surface area contributed by atoms with Crippen LogP contribution in [0.15, 0.2) is 60.8 Å². The molecule has 0 aliphatic carbocycles. The number of halogens is 1. The Bertz CT molecular complexity index is 1250. The van der Waals surface area contributed by atoms with Crippen molar-refractivity contribution in [3.05, 3.63) is 82.6 Å². The van der Waals surface area contributed by atoms with Crippen LogP contribution in [0.1, 0.15) is 40.5 Å². The molecule has 0 spiro atoms. The highest BCUT2D eigenvalue weighted by Gasteiger charge is 2.24. The van der Waals surface area contributed by atoms with Crippen LogP contribution < -0.4 is 5.32 Å². The van der Waals surface area contributed by atoms with Crippen LogP contribution in [-0.2, 0) is 6.54 Å². The second-order valence-electron chi connectivity index (χ2n) is 8.38. The number of aromatic nitrogens is 3. The van der Waals surface area contributed by atoms with E-state index in [2.05, 4.69) is 51.5 Å². The van der Waals surface area contributed by atoms with E-state index < -0.39 is 0 Å². The summed E-state index contributed by atoms with van der Waals surface area (Å²) in [5.74, 6) is 0.491. The van der Waals surface area contributed by atoms with Crippen molar-refractivity contribution in [3.63, 3.8) is 0 Å². The second kappa shape index (κ2) is 8.81. The van der Waals surface area contributed by atoms with Gasteiger partial charge in [-0.2, -0.15) is 5.10 Å². The Kier molecular flexibility index (Phi) is 5.72. The summed E-state index contributed by atoms with van der Waals surface area (Å²) in [5.41, 5.74) is 4.28. The summed E-state index contributed by atoms with van der Waals surface area (Å²) in [5, 5.41) is 9.24. The quantitative estimate of drug-likeness (QED) is 0.429. The number of likely N-dealkylation sites (tertiary alicyclic amines) is 1. The number of benzene rings is 2. The normalized spacial score (nSPS) is 15.3. The Morgan fingerprint density at radius 1 is 1.12 bits per heavy atom. The Hall–Kier alpha value is -3.09. The van der Waals surface area contributed by atoms with E-state index in [4.69, 9.17) is 11.6 Å². The minimum Gasteiger partial charge on any atom is -0.358 e. The van der Waals surface area contributed by atoms with Gasteiger partial charge in [0.25, 0.3) is 5.91 Å². The van der Waals surface area contributed by atoms with Gasteiger partial charge >= 0.3 is 0 Å². The summed E-state index contributed by atoms with van der Waals surface area (Å²) in [6.07, 6.45) is 3.71. The molecule has 1 aliphatic rings. The number of amides is 1. The highest BCUT2D eigenvalue weighted by Crippen LogP contribution is 2.29. The van der Waals surface area contributed by atoms with E-state index in [1.54, 1.807) is 18.3 Å². The number of nitrogens with one attached hydrogen (secondary N) is 2. The molecule has 0 saturated carbocycles. The van der Waals surface area contributed by atoms with Crippen LogP contribution in [0, 0.1) is 6.92 Å². The molecule has 6 nitrogen and oxygen atoms in total. The van der Waals surface area contributed by atoms with Crippen LogP contribution in [-0.4, -0.2) is 38.7 Å². The third-order valence-electron chi connectivity index (χ3n) is 6.34. The first kappa shape index (κ1) is 20.8. The van der Waals surface area contributed by atoms with Crippen LogP contribution in [0.4, 0.5) is 5.82 Å². The Morgan fingerprint density at radius 3 is 2.69 bits per heavy atom. The van der Waals surface area contributed by atoms with Gasteiger partial charge in [0.05, 0.1) is 22.8 Å². The lowest BCUT2D eigenvalue weighted by Crippen LogP contribution is -2.35. The molecule has 2 aromatic carbocycles. The second-order valence-corrected chi connectivity index (χ2v) is 8.78. The average Bonchev–Trinajstić information content (AvgIpc) is 3.39. The van der Waals surface area contributed by atoms with Crippen molar-refractivity contribution in [1.82, 2.24) is 19.7 Å². The van der Waals surface area contributed by atoms with Crippen molar-refractivity contribution in [2.24, 2.45) is 0 Å². The van der Waals surface area contributed by atoms with Gasteiger partial charge in [-0.25, -0.2) is 4.68 Å². The lowest BCUT2D eigenvalue weighted by molar-refractivity contribution is 0.102. The van der Waals surface area contributed by atoms with Gasteiger partial charge in [-0.3, -0.25) is 9.69 Å². The zero-order valence-corrected chi connectivity index (χ0v) is 18.8. The number of para-hydroxylation sites is 1. The summed E-state index contributed by atoms with van der Waals surface area (Å²) in [4.78, 5) is 18.7. The van der Waals surface area contributed by atoms with Crippen LogP contribution in [0.3, 0.4) is 0 Å². The molecule has 1 fully saturated rings. The Labute approximate surface area is 192 Å². The molecule has 32 heavy (non-hydrogen) atoms. The molecule has 1 saturated heterocycles. The zero-order chi connectivity index (χ0) is 22.1. The third kappa shape index (κ3) is 4.04. The first-order valence-electron chi connectivity index (χ1n) is 11.0. The molecule has 0 atom stereocenters. The van der Waals surface area contributed by atoms with Gasteiger partial charge in [-0.15, -0.1) is 0 Å². The van der Waals surface area contributed by atoms with Crippen LogP contribution in [0.2, 0.25) is 5.02 Å². The van der Waals surface area contributed by atoms with E-state index in [9.17, 15) is 4.79 Å². The van der Waals surface area contributed by atoms with E-state index in [0.717, 1.165) is 32.5 Å². The lowest BCUT2D eigenvalue weighted by Gasteiger charge is -2.32. The van der Waals surface area contributed by atoms with Crippen molar-refractivity contribution in [1.29, 1.82) is 0 Å². The van der Waals surface area contributed by atoms with Crippen molar-refractivity contribution in [2.75, 3.05) is 18.4 Å². The number of hydrogen-bond donors (Lipinski definition) is 2. The predicted octanol–water partition coefficient (Wildman–Crippen LogP) is 5.42. The summed E-state index contributed by atoms with van der Waals surface area (Å²) in [7, 11) is 0. The predicted molar refractivity (Wildman–Crippen MR) is 128 cm³/mol. The highest BCUT2D eigenvalue weighted by atomic mass is 35.5. The van der Waals surface area contributed by atoms with Crippen LogP contribution >= 0.6 is 11.6 Å². The fourth-order valence-corrected chi connectivity index (χ4v) is 4.84. The van der Waals surface area contributed by atoms with E-state index in [0.29, 0.717) is 16.4 Å². The molecule has 2 aromatic heterocycles. The molecule has 7 heteroatoms. The van der Waals surface area contributed by atoms with E-state index >= 15 is 0 Å². The Morgan fingerprint density at radius 2 is 1.88 bits per heavy atom. The van der Waals surface area contributed by atoms with Gasteiger partial charge < -0.3 is 10.3 Å².